The molecule has 2 aromatic rings. The summed E-state index contributed by atoms with van der Waals surface area (Å²) >= 11 is 0. The number of rotatable bonds is 5. The summed E-state index contributed by atoms with van der Waals surface area (Å²) in [7, 11) is 0. The number of hydrogen-bond acceptors (Lipinski definition) is 3. The summed E-state index contributed by atoms with van der Waals surface area (Å²) in [5, 5.41) is 0. The van der Waals surface area contributed by atoms with Crippen LogP contribution < -0.4 is 11.5 Å². The Morgan fingerprint density at radius 2 is 1.76 bits per heavy atom. The van der Waals surface area contributed by atoms with Crippen LogP contribution in [0.5, 0.6) is 0 Å². The van der Waals surface area contributed by atoms with Gasteiger partial charge in [0, 0.05) is 23.2 Å². The van der Waals surface area contributed by atoms with E-state index >= 15 is 0 Å². The van der Waals surface area contributed by atoms with Crippen LogP contribution in [0.15, 0.2) is 54.6 Å². The zero-order chi connectivity index (χ0) is 15.2. The van der Waals surface area contributed by atoms with Crippen LogP contribution in [0.3, 0.4) is 0 Å². The first-order chi connectivity index (χ1) is 10.1. The minimum absolute atomic E-state index is 0.127. The van der Waals surface area contributed by atoms with E-state index in [1.807, 2.05) is 6.07 Å². The normalized spacial score (nSPS) is 10.7. The smallest absolute Gasteiger partial charge is 0.221 e. The molecule has 0 aromatic heterocycles. The molecule has 0 heterocycles. The summed E-state index contributed by atoms with van der Waals surface area (Å²) in [5.74, 6) is -0.527. The van der Waals surface area contributed by atoms with E-state index in [0.717, 1.165) is 5.56 Å². The van der Waals surface area contributed by atoms with Gasteiger partial charge >= 0.3 is 0 Å². The molecule has 2 rings (SSSR count). The van der Waals surface area contributed by atoms with E-state index in [1.54, 1.807) is 54.6 Å². The molecule has 0 radical (unpaired) electrons. The molecular formula is C17H16N2O2. The molecule has 0 aliphatic heterocycles. The van der Waals surface area contributed by atoms with Gasteiger partial charge in [0.2, 0.25) is 5.91 Å². The lowest BCUT2D eigenvalue weighted by molar-refractivity contribution is -0.117. The third kappa shape index (κ3) is 3.79. The predicted molar refractivity (Wildman–Crippen MR) is 83.6 cm³/mol. The lowest BCUT2D eigenvalue weighted by Crippen LogP contribution is -2.08. The quantitative estimate of drug-likeness (QED) is 0.651. The molecule has 0 bridgehead atoms. The maximum atomic E-state index is 12.4. The van der Waals surface area contributed by atoms with E-state index in [-0.39, 0.29) is 12.2 Å². The van der Waals surface area contributed by atoms with Crippen LogP contribution in [-0.4, -0.2) is 11.7 Å². The van der Waals surface area contributed by atoms with Gasteiger partial charge in [0.25, 0.3) is 0 Å². The molecule has 2 aromatic carbocycles. The maximum absolute atomic E-state index is 12.4. The zero-order valence-electron chi connectivity index (χ0n) is 11.5. The first kappa shape index (κ1) is 14.5. The number of amides is 1. The van der Waals surface area contributed by atoms with E-state index in [9.17, 15) is 9.59 Å². The molecule has 0 saturated heterocycles. The Balaban J connectivity index is 2.29. The lowest BCUT2D eigenvalue weighted by Gasteiger charge is -2.06. The number of hydrogen-bond donors (Lipinski definition) is 2. The summed E-state index contributed by atoms with van der Waals surface area (Å²) in [6.07, 6.45) is 3.56. The number of nitrogen functional groups attached to an aromatic ring is 1. The lowest BCUT2D eigenvalue weighted by atomic mass is 9.99. The number of nitrogens with two attached hydrogens (primary N) is 2. The van der Waals surface area contributed by atoms with Gasteiger partial charge in [-0.15, -0.1) is 0 Å². The fourth-order valence-corrected chi connectivity index (χ4v) is 1.93. The maximum Gasteiger partial charge on any atom is 0.221 e. The Labute approximate surface area is 123 Å². The van der Waals surface area contributed by atoms with Gasteiger partial charge < -0.3 is 11.5 Å². The zero-order valence-corrected chi connectivity index (χ0v) is 11.5. The number of carbonyl (C=O) groups excluding carboxylic acids is 2. The Kier molecular flexibility index (Phi) is 4.51. The second-order valence-electron chi connectivity index (χ2n) is 4.61. The Bertz CT molecular complexity index is 691. The molecule has 21 heavy (non-hydrogen) atoms. The molecule has 1 amide bonds. The number of ketones is 1. The average Bonchev–Trinajstić information content (AvgIpc) is 2.49. The molecule has 4 nitrogen and oxygen atoms in total. The second-order valence-corrected chi connectivity index (χ2v) is 4.61. The van der Waals surface area contributed by atoms with Crippen LogP contribution in [0.2, 0.25) is 0 Å². The fourth-order valence-electron chi connectivity index (χ4n) is 1.93. The van der Waals surface area contributed by atoms with Crippen LogP contribution in [-0.2, 0) is 4.79 Å². The van der Waals surface area contributed by atoms with E-state index < -0.39 is 5.91 Å². The van der Waals surface area contributed by atoms with Crippen LogP contribution >= 0.6 is 0 Å². The van der Waals surface area contributed by atoms with E-state index in [0.29, 0.717) is 16.8 Å². The molecule has 106 valence electrons. The van der Waals surface area contributed by atoms with Crippen molar-refractivity contribution in [2.45, 2.75) is 6.42 Å². The molecule has 0 atom stereocenters. The summed E-state index contributed by atoms with van der Waals surface area (Å²) in [4.78, 5) is 23.1. The van der Waals surface area contributed by atoms with Crippen molar-refractivity contribution in [1.29, 1.82) is 0 Å². The van der Waals surface area contributed by atoms with Crippen molar-refractivity contribution in [3.63, 3.8) is 0 Å². The van der Waals surface area contributed by atoms with E-state index in [1.165, 1.54) is 0 Å². The molecule has 4 heteroatoms. The van der Waals surface area contributed by atoms with Gasteiger partial charge in [-0.25, -0.2) is 0 Å². The van der Waals surface area contributed by atoms with Crippen molar-refractivity contribution in [3.05, 3.63) is 71.3 Å². The van der Waals surface area contributed by atoms with Gasteiger partial charge in [-0.1, -0.05) is 48.6 Å². The Morgan fingerprint density at radius 3 is 2.43 bits per heavy atom. The number of primary amides is 1. The minimum Gasteiger partial charge on any atom is -0.398 e. The molecule has 0 aliphatic rings. The molecule has 0 saturated carbocycles. The highest BCUT2D eigenvalue weighted by Crippen LogP contribution is 2.19. The highest BCUT2D eigenvalue weighted by atomic mass is 16.1. The van der Waals surface area contributed by atoms with Crippen LogP contribution in [0.4, 0.5) is 5.69 Å². The first-order valence-electron chi connectivity index (χ1n) is 6.52. The SMILES string of the molecule is NC(=O)CC=Cc1ccc(N)c(C(=O)c2ccccc2)c1. The molecular weight excluding hydrogens is 264 g/mol. The van der Waals surface area contributed by atoms with E-state index in [2.05, 4.69) is 0 Å². The first-order valence-corrected chi connectivity index (χ1v) is 6.52. The minimum atomic E-state index is -0.401. The molecule has 0 aliphatic carbocycles. The van der Waals surface area contributed by atoms with Crippen LogP contribution in [0.25, 0.3) is 6.08 Å². The molecule has 4 N–H and O–H groups in total. The average molecular weight is 280 g/mol. The van der Waals surface area contributed by atoms with Crippen molar-refractivity contribution in [3.8, 4) is 0 Å². The summed E-state index contributed by atoms with van der Waals surface area (Å²) in [6, 6.07) is 14.1. The standard InChI is InChI=1S/C17H16N2O2/c18-15-10-9-12(5-4-8-16(19)20)11-14(15)17(21)13-6-2-1-3-7-13/h1-7,9-11H,8,18H2,(H2,19,20). The Morgan fingerprint density at radius 1 is 1.05 bits per heavy atom. The fraction of sp³-hybridized carbons (Fsp3) is 0.0588. The monoisotopic (exact) mass is 280 g/mol. The highest BCUT2D eigenvalue weighted by molar-refractivity contribution is 6.12. The van der Waals surface area contributed by atoms with Gasteiger partial charge in [0.15, 0.2) is 5.78 Å². The van der Waals surface area contributed by atoms with Crippen molar-refractivity contribution in [1.82, 2.24) is 0 Å². The van der Waals surface area contributed by atoms with Crippen molar-refractivity contribution in [2.24, 2.45) is 5.73 Å². The van der Waals surface area contributed by atoms with Crippen LogP contribution in [0.1, 0.15) is 27.9 Å². The van der Waals surface area contributed by atoms with Gasteiger partial charge in [0.05, 0.1) is 0 Å². The van der Waals surface area contributed by atoms with Crippen molar-refractivity contribution < 1.29 is 9.59 Å². The number of anilines is 1. The summed E-state index contributed by atoms with van der Waals surface area (Å²) in [6.45, 7) is 0. The third-order valence-electron chi connectivity index (χ3n) is 2.99. The molecule has 0 unspecified atom stereocenters. The topological polar surface area (TPSA) is 86.2 Å². The van der Waals surface area contributed by atoms with Crippen molar-refractivity contribution >= 4 is 23.5 Å². The number of benzene rings is 2. The van der Waals surface area contributed by atoms with Crippen LogP contribution in [0, 0.1) is 0 Å². The van der Waals surface area contributed by atoms with E-state index in [4.69, 9.17) is 11.5 Å². The molecule has 0 fully saturated rings. The summed E-state index contributed by atoms with van der Waals surface area (Å²) in [5.41, 5.74) is 13.2. The predicted octanol–water partition coefficient (Wildman–Crippen LogP) is 2.39. The third-order valence-corrected chi connectivity index (χ3v) is 2.99. The highest BCUT2D eigenvalue weighted by Gasteiger charge is 2.12. The summed E-state index contributed by atoms with van der Waals surface area (Å²) < 4.78 is 0. The van der Waals surface area contributed by atoms with Crippen molar-refractivity contribution in [2.75, 3.05) is 5.73 Å². The largest absolute Gasteiger partial charge is 0.398 e. The van der Waals surface area contributed by atoms with Gasteiger partial charge in [-0.05, 0) is 17.7 Å². The molecule has 0 spiro atoms. The second kappa shape index (κ2) is 6.52. The van der Waals surface area contributed by atoms with Gasteiger partial charge in [-0.2, -0.15) is 0 Å². The van der Waals surface area contributed by atoms with Gasteiger partial charge in [-0.3, -0.25) is 9.59 Å². The number of carbonyl (C=O) groups is 2. The Hall–Kier alpha value is -2.88. The van der Waals surface area contributed by atoms with Gasteiger partial charge in [0.1, 0.15) is 0 Å².